The van der Waals surface area contributed by atoms with Gasteiger partial charge in [0.05, 0.1) is 11.0 Å². The second kappa shape index (κ2) is 5.91. The lowest BCUT2D eigenvalue weighted by Crippen LogP contribution is -2.16. The summed E-state index contributed by atoms with van der Waals surface area (Å²) in [6.07, 6.45) is 1.57. The standard InChI is InChI=1S/C17H13N5O2S/c23-15(19-10-6-7-12-13(8-10)21-16(24)20-12)14-9-18-17(25)22(14)11-4-2-1-3-5-11/h1-9H,(H,18,25)(H,19,23)(H2,20,21,24). The van der Waals surface area contributed by atoms with Crippen LogP contribution in [0.2, 0.25) is 0 Å². The van der Waals surface area contributed by atoms with Gasteiger partial charge >= 0.3 is 5.69 Å². The molecule has 25 heavy (non-hydrogen) atoms. The predicted molar refractivity (Wildman–Crippen MR) is 97.8 cm³/mol. The second-order valence-electron chi connectivity index (χ2n) is 5.44. The highest BCUT2D eigenvalue weighted by molar-refractivity contribution is 7.71. The number of fused-ring (bicyclic) bond motifs is 1. The number of benzene rings is 2. The van der Waals surface area contributed by atoms with Crippen molar-refractivity contribution in [2.75, 3.05) is 5.32 Å². The van der Waals surface area contributed by atoms with Gasteiger partial charge in [-0.3, -0.25) is 9.36 Å². The fourth-order valence-corrected chi connectivity index (χ4v) is 2.94. The summed E-state index contributed by atoms with van der Waals surface area (Å²) in [6, 6.07) is 14.5. The minimum Gasteiger partial charge on any atom is -0.336 e. The van der Waals surface area contributed by atoms with Crippen molar-refractivity contribution in [3.8, 4) is 5.69 Å². The molecular formula is C17H13N5O2S. The van der Waals surface area contributed by atoms with Crippen LogP contribution in [0.3, 0.4) is 0 Å². The molecule has 0 saturated heterocycles. The van der Waals surface area contributed by atoms with E-state index in [-0.39, 0.29) is 11.6 Å². The molecule has 2 aromatic heterocycles. The van der Waals surface area contributed by atoms with Gasteiger partial charge in [-0.05, 0) is 42.5 Å². The van der Waals surface area contributed by atoms with Gasteiger partial charge in [0.15, 0.2) is 4.77 Å². The number of nitrogens with zero attached hydrogens (tertiary/aromatic N) is 1. The van der Waals surface area contributed by atoms with Crippen LogP contribution in [-0.2, 0) is 0 Å². The molecule has 0 fully saturated rings. The molecule has 124 valence electrons. The number of aromatic nitrogens is 4. The van der Waals surface area contributed by atoms with Crippen molar-refractivity contribution in [2.24, 2.45) is 0 Å². The molecule has 0 aliphatic rings. The van der Waals surface area contributed by atoms with Gasteiger partial charge in [0.2, 0.25) is 0 Å². The predicted octanol–water partition coefficient (Wildman–Crippen LogP) is 2.96. The van der Waals surface area contributed by atoms with Crippen molar-refractivity contribution in [3.05, 3.63) is 75.7 Å². The topological polar surface area (TPSA) is 98.5 Å². The number of hydrogen-bond donors (Lipinski definition) is 4. The van der Waals surface area contributed by atoms with Gasteiger partial charge in [-0.25, -0.2) is 4.79 Å². The first kappa shape index (κ1) is 15.2. The number of anilines is 1. The highest BCUT2D eigenvalue weighted by atomic mass is 32.1. The normalized spacial score (nSPS) is 10.9. The number of aromatic amines is 3. The molecule has 2 aromatic carbocycles. The third-order valence-electron chi connectivity index (χ3n) is 3.80. The first-order chi connectivity index (χ1) is 12.1. The van der Waals surface area contributed by atoms with Crippen LogP contribution in [0.25, 0.3) is 16.7 Å². The number of carbonyl (C=O) groups is 1. The number of nitrogens with one attached hydrogen (secondary N) is 4. The molecule has 4 N–H and O–H groups in total. The van der Waals surface area contributed by atoms with Crippen LogP contribution in [0.4, 0.5) is 5.69 Å². The maximum atomic E-state index is 12.7. The quantitative estimate of drug-likeness (QED) is 0.427. The minimum atomic E-state index is -0.312. The Kier molecular flexibility index (Phi) is 3.58. The molecule has 0 aliphatic carbocycles. The average molecular weight is 351 g/mol. The van der Waals surface area contributed by atoms with Gasteiger partial charge in [0, 0.05) is 17.6 Å². The Morgan fingerprint density at radius 2 is 1.80 bits per heavy atom. The van der Waals surface area contributed by atoms with Gasteiger partial charge in [0.1, 0.15) is 5.69 Å². The van der Waals surface area contributed by atoms with E-state index in [1.54, 1.807) is 29.0 Å². The number of amides is 1. The van der Waals surface area contributed by atoms with E-state index < -0.39 is 0 Å². The molecule has 0 saturated carbocycles. The van der Waals surface area contributed by atoms with E-state index in [9.17, 15) is 9.59 Å². The van der Waals surface area contributed by atoms with Crippen LogP contribution in [0.15, 0.2) is 59.5 Å². The molecule has 0 aliphatic heterocycles. The average Bonchev–Trinajstić information content (AvgIpc) is 3.17. The van der Waals surface area contributed by atoms with Crippen molar-refractivity contribution in [3.63, 3.8) is 0 Å². The number of H-pyrrole nitrogens is 3. The van der Waals surface area contributed by atoms with Crippen LogP contribution in [0, 0.1) is 4.77 Å². The Bertz CT molecular complexity index is 1180. The van der Waals surface area contributed by atoms with Crippen LogP contribution in [0.5, 0.6) is 0 Å². The van der Waals surface area contributed by atoms with E-state index in [4.69, 9.17) is 12.2 Å². The van der Waals surface area contributed by atoms with E-state index >= 15 is 0 Å². The molecule has 7 nitrogen and oxygen atoms in total. The molecule has 4 rings (SSSR count). The van der Waals surface area contributed by atoms with E-state index in [1.807, 2.05) is 30.3 Å². The minimum absolute atomic E-state index is 0.290. The van der Waals surface area contributed by atoms with E-state index in [1.165, 1.54) is 0 Å². The first-order valence-corrected chi connectivity index (χ1v) is 7.92. The molecule has 0 atom stereocenters. The third kappa shape index (κ3) is 2.79. The number of rotatable bonds is 3. The Hall–Kier alpha value is -3.39. The number of carbonyl (C=O) groups excluding carboxylic acids is 1. The van der Waals surface area contributed by atoms with Crippen molar-refractivity contribution in [2.45, 2.75) is 0 Å². The van der Waals surface area contributed by atoms with Crippen molar-refractivity contribution >= 4 is 34.8 Å². The van der Waals surface area contributed by atoms with E-state index in [0.29, 0.717) is 27.2 Å². The third-order valence-corrected chi connectivity index (χ3v) is 4.10. The lowest BCUT2D eigenvalue weighted by molar-refractivity contribution is 0.102. The maximum absolute atomic E-state index is 12.7. The fraction of sp³-hybridized carbons (Fsp3) is 0. The van der Waals surface area contributed by atoms with Crippen LogP contribution < -0.4 is 11.0 Å². The van der Waals surface area contributed by atoms with Gasteiger partial charge in [-0.1, -0.05) is 18.2 Å². The molecule has 0 bridgehead atoms. The molecule has 8 heteroatoms. The summed E-state index contributed by atoms with van der Waals surface area (Å²) >= 11 is 5.29. The maximum Gasteiger partial charge on any atom is 0.323 e. The van der Waals surface area contributed by atoms with Gasteiger partial charge in [0.25, 0.3) is 5.91 Å². The van der Waals surface area contributed by atoms with E-state index in [0.717, 1.165) is 5.69 Å². The largest absolute Gasteiger partial charge is 0.336 e. The lowest BCUT2D eigenvalue weighted by atomic mass is 10.2. The SMILES string of the molecule is O=C(Nc1ccc2[nH]c(=O)[nH]c2c1)c1c[nH]c(=S)n1-c1ccccc1. The summed E-state index contributed by atoms with van der Waals surface area (Å²) in [7, 11) is 0. The van der Waals surface area contributed by atoms with Crippen LogP contribution in [-0.4, -0.2) is 25.4 Å². The highest BCUT2D eigenvalue weighted by Crippen LogP contribution is 2.17. The Balaban J connectivity index is 1.69. The fourth-order valence-electron chi connectivity index (χ4n) is 2.67. The van der Waals surface area contributed by atoms with E-state index in [2.05, 4.69) is 20.3 Å². The number of hydrogen-bond acceptors (Lipinski definition) is 3. The summed E-state index contributed by atoms with van der Waals surface area (Å²) < 4.78 is 2.10. The van der Waals surface area contributed by atoms with Gasteiger partial charge in [-0.2, -0.15) is 0 Å². The molecule has 0 radical (unpaired) electrons. The smallest absolute Gasteiger partial charge is 0.323 e. The summed E-state index contributed by atoms with van der Waals surface area (Å²) in [6.45, 7) is 0. The first-order valence-electron chi connectivity index (χ1n) is 7.51. The summed E-state index contributed by atoms with van der Waals surface area (Å²) in [5.41, 5.74) is 2.76. The highest BCUT2D eigenvalue weighted by Gasteiger charge is 2.15. The number of imidazole rings is 2. The Morgan fingerprint density at radius 1 is 1.04 bits per heavy atom. The summed E-state index contributed by atoms with van der Waals surface area (Å²) in [5, 5.41) is 2.82. The molecule has 0 unspecified atom stereocenters. The zero-order valence-corrected chi connectivity index (χ0v) is 13.7. The van der Waals surface area contributed by atoms with Gasteiger partial charge in [-0.15, -0.1) is 0 Å². The number of para-hydroxylation sites is 1. The monoisotopic (exact) mass is 351 g/mol. The Labute approximate surface area is 146 Å². The zero-order valence-electron chi connectivity index (χ0n) is 12.9. The van der Waals surface area contributed by atoms with Crippen molar-refractivity contribution in [1.29, 1.82) is 0 Å². The van der Waals surface area contributed by atoms with Crippen LogP contribution in [0.1, 0.15) is 10.5 Å². The molecule has 1 amide bonds. The van der Waals surface area contributed by atoms with Crippen LogP contribution >= 0.6 is 12.2 Å². The molecule has 4 aromatic rings. The lowest BCUT2D eigenvalue weighted by Gasteiger charge is -2.09. The summed E-state index contributed by atoms with van der Waals surface area (Å²) in [4.78, 5) is 32.2. The van der Waals surface area contributed by atoms with Gasteiger partial charge < -0.3 is 20.3 Å². The van der Waals surface area contributed by atoms with Crippen molar-refractivity contribution in [1.82, 2.24) is 19.5 Å². The molecular weight excluding hydrogens is 338 g/mol. The van der Waals surface area contributed by atoms with Crippen molar-refractivity contribution < 1.29 is 4.79 Å². The zero-order chi connectivity index (χ0) is 17.4. The summed E-state index contributed by atoms with van der Waals surface area (Å²) in [5.74, 6) is -0.312. The molecule has 0 spiro atoms. The second-order valence-corrected chi connectivity index (χ2v) is 5.83. The molecule has 2 heterocycles. The Morgan fingerprint density at radius 3 is 2.60 bits per heavy atom.